The van der Waals surface area contributed by atoms with Crippen LogP contribution in [0.1, 0.15) is 33.9 Å². The van der Waals surface area contributed by atoms with E-state index in [4.69, 9.17) is 16.0 Å². The zero-order valence-electron chi connectivity index (χ0n) is 17.3. The Morgan fingerprint density at radius 3 is 2.68 bits per heavy atom. The maximum atomic E-state index is 13.4. The van der Waals surface area contributed by atoms with Gasteiger partial charge >= 0.3 is 0 Å². The number of amides is 1. The molecule has 0 saturated heterocycles. The van der Waals surface area contributed by atoms with Crippen LogP contribution >= 0.6 is 11.6 Å². The Hall–Kier alpha value is -2.77. The molecule has 1 amide bonds. The van der Waals surface area contributed by atoms with Gasteiger partial charge in [0, 0.05) is 13.6 Å². The third-order valence-corrected chi connectivity index (χ3v) is 7.50. The van der Waals surface area contributed by atoms with E-state index in [2.05, 4.69) is 0 Å². The Morgan fingerprint density at radius 1 is 1.16 bits per heavy atom. The van der Waals surface area contributed by atoms with Crippen molar-refractivity contribution in [2.75, 3.05) is 17.9 Å². The van der Waals surface area contributed by atoms with Gasteiger partial charge in [-0.1, -0.05) is 29.8 Å². The summed E-state index contributed by atoms with van der Waals surface area (Å²) in [7, 11) is -2.22. The van der Waals surface area contributed by atoms with Gasteiger partial charge in [0.25, 0.3) is 15.9 Å². The van der Waals surface area contributed by atoms with Crippen LogP contribution in [0.4, 0.5) is 5.69 Å². The third-order valence-electron chi connectivity index (χ3n) is 5.36. The molecule has 0 fully saturated rings. The average Bonchev–Trinajstić information content (AvgIpc) is 3.17. The Morgan fingerprint density at radius 2 is 1.94 bits per heavy atom. The number of furan rings is 1. The van der Waals surface area contributed by atoms with Gasteiger partial charge in [-0.15, -0.1) is 0 Å². The normalized spacial score (nSPS) is 13.7. The summed E-state index contributed by atoms with van der Waals surface area (Å²) in [6.45, 7) is 2.47. The summed E-state index contributed by atoms with van der Waals surface area (Å²) >= 11 is 6.28. The van der Waals surface area contributed by atoms with Crippen LogP contribution < -0.4 is 4.31 Å². The zero-order valence-corrected chi connectivity index (χ0v) is 18.9. The third kappa shape index (κ3) is 4.20. The topological polar surface area (TPSA) is 70.8 Å². The molecule has 0 atom stereocenters. The van der Waals surface area contributed by atoms with E-state index < -0.39 is 10.0 Å². The second-order valence-electron chi connectivity index (χ2n) is 7.62. The van der Waals surface area contributed by atoms with Gasteiger partial charge in [0.2, 0.25) is 0 Å². The van der Waals surface area contributed by atoms with Crippen molar-refractivity contribution in [3.05, 3.63) is 82.3 Å². The lowest BCUT2D eigenvalue weighted by molar-refractivity contribution is 0.0775. The molecule has 1 aliphatic heterocycles. The van der Waals surface area contributed by atoms with E-state index in [1.165, 1.54) is 27.4 Å². The van der Waals surface area contributed by atoms with Crippen molar-refractivity contribution in [2.24, 2.45) is 0 Å². The van der Waals surface area contributed by atoms with Crippen molar-refractivity contribution < 1.29 is 17.6 Å². The molecule has 0 N–H and O–H groups in total. The van der Waals surface area contributed by atoms with E-state index in [0.29, 0.717) is 18.0 Å². The molecule has 2 aromatic carbocycles. The number of rotatable bonds is 5. The fourth-order valence-corrected chi connectivity index (χ4v) is 5.55. The number of fused-ring (bicyclic) bond motifs is 1. The molecule has 1 aromatic heterocycles. The number of halogens is 1. The highest BCUT2D eigenvalue weighted by molar-refractivity contribution is 7.92. The number of carbonyl (C=O) groups is 1. The van der Waals surface area contributed by atoms with E-state index in [-0.39, 0.29) is 27.9 Å². The molecular weight excluding hydrogens is 436 g/mol. The molecule has 3 aromatic rings. The van der Waals surface area contributed by atoms with Crippen LogP contribution in [0.3, 0.4) is 0 Å². The lowest BCUT2D eigenvalue weighted by atomic mass is 10.0. The second-order valence-corrected chi connectivity index (χ2v) is 9.89. The van der Waals surface area contributed by atoms with E-state index >= 15 is 0 Å². The molecule has 0 spiro atoms. The standard InChI is InChI=1S/C23H23ClN2O4S/c1-16-9-10-18(30-16)15-25(2)23(27)20-14-19(11-12-21(20)24)31(28,29)26-13-5-7-17-6-3-4-8-22(17)26/h3-4,6,8-12,14H,5,7,13,15H2,1-2H3. The van der Waals surface area contributed by atoms with Crippen LogP contribution in [0.5, 0.6) is 0 Å². The molecule has 6 nitrogen and oxygen atoms in total. The first kappa shape index (κ1) is 21.5. The quantitative estimate of drug-likeness (QED) is 0.557. The number of nitrogens with zero attached hydrogens (tertiary/aromatic N) is 2. The van der Waals surface area contributed by atoms with Crippen molar-refractivity contribution in [1.29, 1.82) is 0 Å². The molecule has 162 valence electrons. The minimum absolute atomic E-state index is 0.0409. The number of hydrogen-bond acceptors (Lipinski definition) is 4. The first-order chi connectivity index (χ1) is 14.8. The van der Waals surface area contributed by atoms with Crippen molar-refractivity contribution in [2.45, 2.75) is 31.2 Å². The molecular formula is C23H23ClN2O4S. The number of sulfonamides is 1. The number of anilines is 1. The average molecular weight is 459 g/mol. The van der Waals surface area contributed by atoms with Crippen molar-refractivity contribution >= 4 is 33.2 Å². The maximum absolute atomic E-state index is 13.4. The van der Waals surface area contributed by atoms with E-state index in [1.54, 1.807) is 13.1 Å². The first-order valence-electron chi connectivity index (χ1n) is 9.98. The van der Waals surface area contributed by atoms with Gasteiger partial charge in [-0.3, -0.25) is 9.10 Å². The van der Waals surface area contributed by atoms with Gasteiger partial charge in [0.15, 0.2) is 0 Å². The summed E-state index contributed by atoms with van der Waals surface area (Å²) in [6, 6.07) is 15.4. The minimum Gasteiger partial charge on any atom is -0.464 e. The first-order valence-corrected chi connectivity index (χ1v) is 11.8. The van der Waals surface area contributed by atoms with Gasteiger partial charge < -0.3 is 9.32 Å². The largest absolute Gasteiger partial charge is 0.464 e. The van der Waals surface area contributed by atoms with Crippen LogP contribution in [0.15, 0.2) is 63.9 Å². The number of para-hydroxylation sites is 1. The number of benzene rings is 2. The highest BCUT2D eigenvalue weighted by Crippen LogP contribution is 2.33. The van der Waals surface area contributed by atoms with Gasteiger partial charge in [-0.25, -0.2) is 8.42 Å². The van der Waals surface area contributed by atoms with E-state index in [1.807, 2.05) is 37.3 Å². The van der Waals surface area contributed by atoms with Gasteiger partial charge in [0.1, 0.15) is 11.5 Å². The predicted octanol–water partition coefficient (Wildman–Crippen LogP) is 4.66. The zero-order chi connectivity index (χ0) is 22.2. The summed E-state index contributed by atoms with van der Waals surface area (Å²) < 4.78 is 33.8. The second kappa shape index (κ2) is 8.40. The van der Waals surface area contributed by atoms with Crippen LogP contribution in [0.2, 0.25) is 5.02 Å². The summed E-state index contributed by atoms with van der Waals surface area (Å²) in [5.41, 5.74) is 1.82. The van der Waals surface area contributed by atoms with Crippen molar-refractivity contribution in [3.63, 3.8) is 0 Å². The molecule has 0 aliphatic carbocycles. The van der Waals surface area contributed by atoms with Crippen molar-refractivity contribution in [3.8, 4) is 0 Å². The summed E-state index contributed by atoms with van der Waals surface area (Å²) in [5, 5.41) is 0.200. The maximum Gasteiger partial charge on any atom is 0.264 e. The van der Waals surface area contributed by atoms with Crippen LogP contribution in [0, 0.1) is 6.92 Å². The fourth-order valence-electron chi connectivity index (χ4n) is 3.79. The van der Waals surface area contributed by atoms with E-state index in [0.717, 1.165) is 24.2 Å². The smallest absolute Gasteiger partial charge is 0.264 e. The lowest BCUT2D eigenvalue weighted by Crippen LogP contribution is -2.35. The van der Waals surface area contributed by atoms with Crippen LogP contribution in [-0.2, 0) is 23.0 Å². The monoisotopic (exact) mass is 458 g/mol. The fraction of sp³-hybridized carbons (Fsp3) is 0.261. The van der Waals surface area contributed by atoms with Gasteiger partial charge in [-0.2, -0.15) is 0 Å². The molecule has 2 heterocycles. The number of hydrogen-bond donors (Lipinski definition) is 0. The molecule has 0 saturated carbocycles. The minimum atomic E-state index is -3.84. The molecule has 4 rings (SSSR count). The molecule has 0 unspecified atom stereocenters. The number of carbonyl (C=O) groups excluding carboxylic acids is 1. The summed E-state index contributed by atoms with van der Waals surface area (Å²) in [5.74, 6) is 1.01. The molecule has 8 heteroatoms. The molecule has 0 radical (unpaired) electrons. The highest BCUT2D eigenvalue weighted by atomic mass is 35.5. The lowest BCUT2D eigenvalue weighted by Gasteiger charge is -2.30. The Kier molecular flexibility index (Phi) is 5.81. The SMILES string of the molecule is Cc1ccc(CN(C)C(=O)c2cc(S(=O)(=O)N3CCCc4ccccc43)ccc2Cl)o1. The Balaban J connectivity index is 1.65. The predicted molar refractivity (Wildman–Crippen MR) is 120 cm³/mol. The Labute approximate surface area is 187 Å². The highest BCUT2D eigenvalue weighted by Gasteiger charge is 2.30. The summed E-state index contributed by atoms with van der Waals surface area (Å²) in [6.07, 6.45) is 1.57. The summed E-state index contributed by atoms with van der Waals surface area (Å²) in [4.78, 5) is 14.5. The van der Waals surface area contributed by atoms with Gasteiger partial charge in [-0.05, 0) is 61.7 Å². The molecule has 0 bridgehead atoms. The Bertz CT molecular complexity index is 1240. The van der Waals surface area contributed by atoms with Crippen molar-refractivity contribution in [1.82, 2.24) is 4.90 Å². The van der Waals surface area contributed by atoms with Crippen LogP contribution in [-0.4, -0.2) is 32.8 Å². The molecule has 31 heavy (non-hydrogen) atoms. The van der Waals surface area contributed by atoms with E-state index in [9.17, 15) is 13.2 Å². The van der Waals surface area contributed by atoms with Crippen LogP contribution in [0.25, 0.3) is 0 Å². The molecule has 1 aliphatic rings. The van der Waals surface area contributed by atoms with Gasteiger partial charge in [0.05, 0.1) is 27.7 Å². The number of aryl methyl sites for hydroxylation is 2.